The van der Waals surface area contributed by atoms with E-state index in [1.54, 1.807) is 18.3 Å². The second kappa shape index (κ2) is 5.36. The van der Waals surface area contributed by atoms with E-state index in [0.717, 1.165) is 11.3 Å². The largest absolute Gasteiger partial charge is 0.478 e. The van der Waals surface area contributed by atoms with E-state index in [-0.39, 0.29) is 12.1 Å². The number of benzene rings is 2. The van der Waals surface area contributed by atoms with Crippen molar-refractivity contribution in [3.05, 3.63) is 65.0 Å². The van der Waals surface area contributed by atoms with Crippen molar-refractivity contribution in [1.82, 2.24) is 0 Å². The topological polar surface area (TPSA) is 52.9 Å². The quantitative estimate of drug-likeness (QED) is 0.942. The molecule has 5 heteroatoms. The fourth-order valence-electron chi connectivity index (χ4n) is 2.41. The number of carboxylic acids is 1. The molecular formula is C16H13FN2O2. The molecule has 21 heavy (non-hydrogen) atoms. The summed E-state index contributed by atoms with van der Waals surface area (Å²) in [5, 5.41) is 8.98. The Labute approximate surface area is 121 Å². The van der Waals surface area contributed by atoms with Gasteiger partial charge in [-0.05, 0) is 12.1 Å². The zero-order valence-corrected chi connectivity index (χ0v) is 11.2. The van der Waals surface area contributed by atoms with E-state index >= 15 is 0 Å². The van der Waals surface area contributed by atoms with Crippen molar-refractivity contribution in [3.63, 3.8) is 0 Å². The molecule has 106 valence electrons. The Bertz CT molecular complexity index is 728. The van der Waals surface area contributed by atoms with E-state index < -0.39 is 11.8 Å². The molecule has 0 atom stereocenters. The number of aliphatic imine (C=N–C) groups is 1. The van der Waals surface area contributed by atoms with Gasteiger partial charge in [0.1, 0.15) is 12.5 Å². The van der Waals surface area contributed by atoms with Crippen LogP contribution in [0.5, 0.6) is 0 Å². The molecule has 2 aromatic carbocycles. The average molecular weight is 284 g/mol. The molecule has 2 aromatic rings. The number of carboxylic acid groups (broad SMARTS) is 1. The van der Waals surface area contributed by atoms with Crippen LogP contribution < -0.4 is 4.90 Å². The number of fused-ring (bicyclic) bond motifs is 1. The van der Waals surface area contributed by atoms with Gasteiger partial charge in [0.05, 0.1) is 5.56 Å². The minimum Gasteiger partial charge on any atom is -0.478 e. The van der Waals surface area contributed by atoms with Gasteiger partial charge in [-0.25, -0.2) is 9.18 Å². The van der Waals surface area contributed by atoms with Crippen LogP contribution in [0.2, 0.25) is 0 Å². The number of anilines is 1. The smallest absolute Gasteiger partial charge is 0.338 e. The third-order valence-electron chi connectivity index (χ3n) is 3.43. The molecule has 0 saturated heterocycles. The highest BCUT2D eigenvalue weighted by atomic mass is 19.1. The van der Waals surface area contributed by atoms with E-state index in [1.165, 1.54) is 6.07 Å². The number of rotatable bonds is 3. The van der Waals surface area contributed by atoms with E-state index in [9.17, 15) is 9.18 Å². The van der Waals surface area contributed by atoms with E-state index in [4.69, 9.17) is 5.11 Å². The number of aromatic carboxylic acids is 1. The summed E-state index contributed by atoms with van der Waals surface area (Å²) in [6.07, 6.45) is 1.79. The van der Waals surface area contributed by atoms with Crippen LogP contribution in [0, 0.1) is 5.82 Å². The maximum absolute atomic E-state index is 14.2. The lowest BCUT2D eigenvalue weighted by Gasteiger charge is -2.27. The fraction of sp³-hybridized carbons (Fsp3) is 0.125. The number of hydrogen-bond donors (Lipinski definition) is 1. The lowest BCUT2D eigenvalue weighted by atomic mass is 10.1. The molecule has 1 N–H and O–H groups in total. The maximum atomic E-state index is 14.2. The van der Waals surface area contributed by atoms with Gasteiger partial charge in [-0.15, -0.1) is 0 Å². The van der Waals surface area contributed by atoms with Gasteiger partial charge in [0.15, 0.2) is 0 Å². The van der Waals surface area contributed by atoms with Crippen molar-refractivity contribution in [1.29, 1.82) is 0 Å². The number of nitrogens with zero attached hydrogens (tertiary/aromatic N) is 2. The minimum absolute atomic E-state index is 0.279. The molecule has 3 rings (SSSR count). The van der Waals surface area contributed by atoms with Crippen molar-refractivity contribution < 1.29 is 14.3 Å². The molecule has 1 heterocycles. The first kappa shape index (κ1) is 13.3. The summed E-state index contributed by atoms with van der Waals surface area (Å²) in [7, 11) is 0. The van der Waals surface area contributed by atoms with Crippen molar-refractivity contribution in [2.24, 2.45) is 4.99 Å². The van der Waals surface area contributed by atoms with E-state index in [2.05, 4.69) is 4.99 Å². The summed E-state index contributed by atoms with van der Waals surface area (Å²) in [6, 6.07) is 12.1. The van der Waals surface area contributed by atoms with Crippen LogP contribution in [0.4, 0.5) is 10.1 Å². The van der Waals surface area contributed by atoms with Crippen molar-refractivity contribution in [3.8, 4) is 0 Å². The predicted molar refractivity (Wildman–Crippen MR) is 78.4 cm³/mol. The summed E-state index contributed by atoms with van der Waals surface area (Å²) < 4.78 is 14.2. The summed E-state index contributed by atoms with van der Waals surface area (Å²) in [4.78, 5) is 17.1. The first-order valence-electron chi connectivity index (χ1n) is 6.51. The first-order valence-corrected chi connectivity index (χ1v) is 6.51. The Kier molecular flexibility index (Phi) is 3.39. The normalized spacial score (nSPS) is 13.1. The maximum Gasteiger partial charge on any atom is 0.338 e. The van der Waals surface area contributed by atoms with E-state index in [1.807, 2.05) is 29.2 Å². The van der Waals surface area contributed by atoms with Crippen LogP contribution in [0.25, 0.3) is 0 Å². The molecule has 0 aromatic heterocycles. The second-order valence-electron chi connectivity index (χ2n) is 4.79. The summed E-state index contributed by atoms with van der Waals surface area (Å²) in [5.74, 6) is -1.94. The zero-order valence-electron chi connectivity index (χ0n) is 11.2. The van der Waals surface area contributed by atoms with Gasteiger partial charge < -0.3 is 10.0 Å². The Morgan fingerprint density at radius 1 is 1.24 bits per heavy atom. The zero-order chi connectivity index (χ0) is 14.8. The van der Waals surface area contributed by atoms with Gasteiger partial charge in [0.2, 0.25) is 0 Å². The molecule has 0 amide bonds. The van der Waals surface area contributed by atoms with E-state index in [0.29, 0.717) is 12.2 Å². The second-order valence-corrected chi connectivity index (χ2v) is 4.79. The molecule has 0 fully saturated rings. The minimum atomic E-state index is -1.26. The molecule has 0 bridgehead atoms. The molecule has 0 unspecified atom stereocenters. The van der Waals surface area contributed by atoms with Gasteiger partial charge in [0.25, 0.3) is 0 Å². The van der Waals surface area contributed by atoms with Gasteiger partial charge in [-0.3, -0.25) is 4.99 Å². The van der Waals surface area contributed by atoms with Crippen LogP contribution in [-0.2, 0) is 6.54 Å². The van der Waals surface area contributed by atoms with Crippen molar-refractivity contribution in [2.45, 2.75) is 6.54 Å². The Morgan fingerprint density at radius 3 is 2.86 bits per heavy atom. The molecule has 0 spiro atoms. The average Bonchev–Trinajstić information content (AvgIpc) is 2.49. The third kappa shape index (κ3) is 2.50. The van der Waals surface area contributed by atoms with Crippen LogP contribution in [-0.4, -0.2) is 24.0 Å². The van der Waals surface area contributed by atoms with Crippen LogP contribution in [0.15, 0.2) is 47.5 Å². The molecule has 4 nitrogen and oxygen atoms in total. The van der Waals surface area contributed by atoms with Gasteiger partial charge in [0, 0.05) is 29.6 Å². The van der Waals surface area contributed by atoms with Crippen LogP contribution in [0.3, 0.4) is 0 Å². The molecule has 0 aliphatic carbocycles. The van der Waals surface area contributed by atoms with Gasteiger partial charge >= 0.3 is 5.97 Å². The number of halogens is 1. The molecule has 1 aliphatic rings. The summed E-state index contributed by atoms with van der Waals surface area (Å²) in [6.45, 7) is 0.703. The molecule has 1 aliphatic heterocycles. The first-order chi connectivity index (χ1) is 10.2. The molecule has 0 radical (unpaired) electrons. The standard InChI is InChI=1S/C16H13FN2O2/c17-15-12(5-3-6-13(15)16(20)21)9-19-10-18-8-11-4-1-2-7-14(11)19/h1-8H,9-10H2,(H,20,21). The van der Waals surface area contributed by atoms with Crippen molar-refractivity contribution >= 4 is 17.9 Å². The van der Waals surface area contributed by atoms with Gasteiger partial charge in [-0.1, -0.05) is 30.3 Å². The Morgan fingerprint density at radius 2 is 2.05 bits per heavy atom. The lowest BCUT2D eigenvalue weighted by Crippen LogP contribution is -2.27. The highest BCUT2D eigenvalue weighted by molar-refractivity contribution is 5.90. The highest BCUT2D eigenvalue weighted by Gasteiger charge is 2.18. The van der Waals surface area contributed by atoms with Crippen LogP contribution in [0.1, 0.15) is 21.5 Å². The Balaban J connectivity index is 1.93. The van der Waals surface area contributed by atoms with Gasteiger partial charge in [-0.2, -0.15) is 0 Å². The number of carbonyl (C=O) groups is 1. The molecule has 0 saturated carbocycles. The predicted octanol–water partition coefficient (Wildman–Crippen LogP) is 2.92. The highest BCUT2D eigenvalue weighted by Crippen LogP contribution is 2.25. The number of para-hydroxylation sites is 1. The van der Waals surface area contributed by atoms with Crippen LogP contribution >= 0.6 is 0 Å². The lowest BCUT2D eigenvalue weighted by molar-refractivity contribution is 0.0691. The third-order valence-corrected chi connectivity index (χ3v) is 3.43. The SMILES string of the molecule is O=C(O)c1cccc(CN2CN=Cc3ccccc32)c1F. The molecular weight excluding hydrogens is 271 g/mol. The summed E-state index contributed by atoms with van der Waals surface area (Å²) >= 11 is 0. The number of hydrogen-bond acceptors (Lipinski definition) is 3. The monoisotopic (exact) mass is 284 g/mol. The summed E-state index contributed by atoms with van der Waals surface area (Å²) in [5.41, 5.74) is 1.98. The Hall–Kier alpha value is -2.69. The fourth-order valence-corrected chi connectivity index (χ4v) is 2.41. The van der Waals surface area contributed by atoms with Crippen molar-refractivity contribution in [2.75, 3.05) is 11.6 Å².